The Morgan fingerprint density at radius 3 is 2.88 bits per heavy atom. The molecule has 0 spiro atoms. The summed E-state index contributed by atoms with van der Waals surface area (Å²) >= 11 is 0. The molecule has 0 saturated heterocycles. The number of aryl methyl sites for hydroxylation is 1. The van der Waals surface area contributed by atoms with Gasteiger partial charge in [0, 0.05) is 28.5 Å². The molecule has 0 saturated carbocycles. The lowest BCUT2D eigenvalue weighted by molar-refractivity contribution is -0.115. The molecule has 4 heteroatoms. The van der Waals surface area contributed by atoms with Crippen LogP contribution < -0.4 is 5.32 Å². The lowest BCUT2D eigenvalue weighted by Crippen LogP contribution is -2.14. The molecule has 0 fully saturated rings. The first-order valence-corrected chi connectivity index (χ1v) is 8.84. The number of hydrogen-bond donors (Lipinski definition) is 2. The number of H-pyrrole nitrogens is 1. The van der Waals surface area contributed by atoms with E-state index in [0.29, 0.717) is 0 Å². The molecule has 124 valence electrons. The van der Waals surface area contributed by atoms with Gasteiger partial charge in [0.2, 0.25) is 5.91 Å². The largest absolute Gasteiger partial charge is 0.356 e. The number of anilines is 1. The van der Waals surface area contributed by atoms with E-state index in [1.165, 1.54) is 22.2 Å². The van der Waals surface area contributed by atoms with Crippen LogP contribution in [0.15, 0.2) is 53.5 Å². The SMILES string of the molecule is O=C1Nc2ccccc2C1C=NC1CCCc2c1[nH]c1ccccc21. The van der Waals surface area contributed by atoms with Crippen LogP contribution in [-0.4, -0.2) is 17.1 Å². The van der Waals surface area contributed by atoms with Gasteiger partial charge < -0.3 is 10.3 Å². The zero-order valence-electron chi connectivity index (χ0n) is 13.8. The first-order chi connectivity index (χ1) is 12.3. The van der Waals surface area contributed by atoms with Crippen LogP contribution in [0, 0.1) is 0 Å². The average molecular weight is 329 g/mol. The highest BCUT2D eigenvalue weighted by Crippen LogP contribution is 2.37. The summed E-state index contributed by atoms with van der Waals surface area (Å²) in [7, 11) is 0. The molecule has 1 aliphatic heterocycles. The minimum Gasteiger partial charge on any atom is -0.356 e. The maximum Gasteiger partial charge on any atom is 0.237 e. The molecule has 5 rings (SSSR count). The molecule has 2 atom stereocenters. The van der Waals surface area contributed by atoms with Gasteiger partial charge in [-0.2, -0.15) is 0 Å². The van der Waals surface area contributed by atoms with Crippen LogP contribution >= 0.6 is 0 Å². The maximum absolute atomic E-state index is 12.3. The van der Waals surface area contributed by atoms with Crippen molar-refractivity contribution in [3.63, 3.8) is 0 Å². The Bertz CT molecular complexity index is 1000. The number of benzene rings is 2. The second-order valence-corrected chi connectivity index (χ2v) is 6.82. The van der Waals surface area contributed by atoms with Crippen molar-refractivity contribution < 1.29 is 4.79 Å². The number of carbonyl (C=O) groups is 1. The molecule has 2 aromatic carbocycles. The summed E-state index contributed by atoms with van der Waals surface area (Å²) in [5.74, 6) is -0.274. The highest BCUT2D eigenvalue weighted by molar-refractivity contribution is 6.12. The van der Waals surface area contributed by atoms with Crippen LogP contribution in [0.1, 0.15) is 41.6 Å². The summed E-state index contributed by atoms with van der Waals surface area (Å²) in [5.41, 5.74) is 5.71. The molecule has 1 aliphatic carbocycles. The molecule has 1 aromatic heterocycles. The molecule has 0 radical (unpaired) electrons. The third-order valence-electron chi connectivity index (χ3n) is 5.34. The first-order valence-electron chi connectivity index (χ1n) is 8.84. The van der Waals surface area contributed by atoms with E-state index in [2.05, 4.69) is 34.6 Å². The van der Waals surface area contributed by atoms with E-state index < -0.39 is 0 Å². The Kier molecular flexibility index (Phi) is 3.23. The van der Waals surface area contributed by atoms with Crippen LogP contribution in [0.4, 0.5) is 5.69 Å². The Balaban J connectivity index is 1.50. The Morgan fingerprint density at radius 2 is 1.92 bits per heavy atom. The number of nitrogens with one attached hydrogen (secondary N) is 2. The van der Waals surface area contributed by atoms with Crippen LogP contribution in [0.25, 0.3) is 10.9 Å². The molecule has 2 heterocycles. The average Bonchev–Trinajstić information content (AvgIpc) is 3.17. The number of carbonyl (C=O) groups excluding carboxylic acids is 1. The predicted molar refractivity (Wildman–Crippen MR) is 100 cm³/mol. The third kappa shape index (κ3) is 2.29. The fourth-order valence-electron chi connectivity index (χ4n) is 4.11. The van der Waals surface area contributed by atoms with Crippen molar-refractivity contribution in [2.24, 2.45) is 4.99 Å². The van der Waals surface area contributed by atoms with Crippen molar-refractivity contribution in [2.45, 2.75) is 31.2 Å². The standard InChI is InChI=1S/C21H19N3O/c25-21-16(14-7-2-4-10-18(14)24-21)12-22-19-11-5-8-15-13-6-1-3-9-17(13)23-20(15)19/h1-4,6-7,9-10,12,16,19,23H,5,8,11H2,(H,24,25). The van der Waals surface area contributed by atoms with Gasteiger partial charge in [-0.3, -0.25) is 9.79 Å². The Hall–Kier alpha value is -2.88. The van der Waals surface area contributed by atoms with Gasteiger partial charge in [0.05, 0.1) is 6.04 Å². The summed E-state index contributed by atoms with van der Waals surface area (Å²) < 4.78 is 0. The van der Waals surface area contributed by atoms with E-state index in [1.807, 2.05) is 30.5 Å². The van der Waals surface area contributed by atoms with Crippen molar-refractivity contribution in [3.05, 3.63) is 65.4 Å². The third-order valence-corrected chi connectivity index (χ3v) is 5.34. The molecule has 2 aliphatic rings. The molecule has 3 aromatic rings. The minimum atomic E-state index is -0.286. The molecule has 0 bridgehead atoms. The number of aliphatic imine (C=N–C) groups is 1. The first kappa shape index (κ1) is 14.5. The lowest BCUT2D eigenvalue weighted by Gasteiger charge is -2.19. The van der Waals surface area contributed by atoms with Gasteiger partial charge in [-0.25, -0.2) is 0 Å². The van der Waals surface area contributed by atoms with Gasteiger partial charge in [-0.1, -0.05) is 36.4 Å². The van der Waals surface area contributed by atoms with Crippen molar-refractivity contribution in [1.29, 1.82) is 0 Å². The quantitative estimate of drug-likeness (QED) is 0.675. The Morgan fingerprint density at radius 1 is 1.08 bits per heavy atom. The fourth-order valence-corrected chi connectivity index (χ4v) is 4.11. The Labute approximate surface area is 146 Å². The lowest BCUT2D eigenvalue weighted by atomic mass is 9.92. The summed E-state index contributed by atoms with van der Waals surface area (Å²) in [4.78, 5) is 20.7. The molecule has 2 unspecified atom stereocenters. The number of aromatic amines is 1. The van der Waals surface area contributed by atoms with E-state index in [4.69, 9.17) is 4.99 Å². The number of aromatic nitrogens is 1. The van der Waals surface area contributed by atoms with Crippen molar-refractivity contribution in [3.8, 4) is 0 Å². The molecular weight excluding hydrogens is 310 g/mol. The van der Waals surface area contributed by atoms with Gasteiger partial charge >= 0.3 is 0 Å². The number of hydrogen-bond acceptors (Lipinski definition) is 2. The van der Waals surface area contributed by atoms with Gasteiger partial charge in [0.15, 0.2) is 0 Å². The number of nitrogens with zero attached hydrogens (tertiary/aromatic N) is 1. The van der Waals surface area contributed by atoms with Crippen LogP contribution in [0.3, 0.4) is 0 Å². The predicted octanol–water partition coefficient (Wildman–Crippen LogP) is 4.35. The minimum absolute atomic E-state index is 0.0117. The van der Waals surface area contributed by atoms with Crippen LogP contribution in [0.5, 0.6) is 0 Å². The molecule has 25 heavy (non-hydrogen) atoms. The molecule has 4 nitrogen and oxygen atoms in total. The monoisotopic (exact) mass is 329 g/mol. The van der Waals surface area contributed by atoms with E-state index in [0.717, 1.165) is 30.5 Å². The summed E-state index contributed by atoms with van der Waals surface area (Å²) in [5, 5.41) is 4.24. The van der Waals surface area contributed by atoms with E-state index in [1.54, 1.807) is 0 Å². The zero-order chi connectivity index (χ0) is 16.8. The van der Waals surface area contributed by atoms with Crippen LogP contribution in [-0.2, 0) is 11.2 Å². The summed E-state index contributed by atoms with van der Waals surface area (Å²) in [6.07, 6.45) is 5.08. The summed E-state index contributed by atoms with van der Waals surface area (Å²) in [6.45, 7) is 0. The van der Waals surface area contributed by atoms with Gasteiger partial charge in [-0.15, -0.1) is 0 Å². The number of para-hydroxylation sites is 2. The van der Waals surface area contributed by atoms with Crippen molar-refractivity contribution in [1.82, 2.24) is 4.98 Å². The molecule has 2 N–H and O–H groups in total. The summed E-state index contributed by atoms with van der Waals surface area (Å²) in [6, 6.07) is 16.4. The second-order valence-electron chi connectivity index (χ2n) is 6.82. The maximum atomic E-state index is 12.3. The molecular formula is C21H19N3O. The zero-order valence-corrected chi connectivity index (χ0v) is 13.8. The van der Waals surface area contributed by atoms with E-state index in [-0.39, 0.29) is 17.9 Å². The van der Waals surface area contributed by atoms with Crippen LogP contribution in [0.2, 0.25) is 0 Å². The van der Waals surface area contributed by atoms with E-state index >= 15 is 0 Å². The van der Waals surface area contributed by atoms with Crippen molar-refractivity contribution in [2.75, 3.05) is 5.32 Å². The van der Waals surface area contributed by atoms with Gasteiger partial charge in [0.1, 0.15) is 5.92 Å². The highest BCUT2D eigenvalue weighted by Gasteiger charge is 2.29. The number of fused-ring (bicyclic) bond motifs is 4. The van der Waals surface area contributed by atoms with Crippen molar-refractivity contribution >= 4 is 28.7 Å². The molecule has 1 amide bonds. The highest BCUT2D eigenvalue weighted by atomic mass is 16.2. The fraction of sp³-hybridized carbons (Fsp3) is 0.238. The number of amides is 1. The topological polar surface area (TPSA) is 57.2 Å². The van der Waals surface area contributed by atoms with Gasteiger partial charge in [0.25, 0.3) is 0 Å². The smallest absolute Gasteiger partial charge is 0.237 e. The van der Waals surface area contributed by atoms with Gasteiger partial charge in [-0.05, 0) is 42.5 Å². The number of rotatable bonds is 2. The van der Waals surface area contributed by atoms with E-state index in [9.17, 15) is 4.79 Å². The normalized spacial score (nSPS) is 22.2. The second kappa shape index (κ2) is 5.59.